The maximum absolute atomic E-state index is 13.3. The summed E-state index contributed by atoms with van der Waals surface area (Å²) < 4.78 is 1.57. The molecule has 1 N–H and O–H groups in total. The Hall–Kier alpha value is -1.80. The Labute approximate surface area is 183 Å². The average molecular weight is 521 g/mol. The molecule has 1 atom stereocenters. The zero-order valence-corrected chi connectivity index (χ0v) is 18.6. The monoisotopic (exact) mass is 519 g/mol. The van der Waals surface area contributed by atoms with Gasteiger partial charge in [0.2, 0.25) is 0 Å². The van der Waals surface area contributed by atoms with Gasteiger partial charge in [0, 0.05) is 10.0 Å². The largest absolute Gasteiger partial charge is 0.375 e. The van der Waals surface area contributed by atoms with Crippen molar-refractivity contribution >= 4 is 60.6 Å². The second-order valence-corrected chi connectivity index (χ2v) is 9.98. The number of fused-ring (bicyclic) bond motifs is 1. The van der Waals surface area contributed by atoms with Crippen LogP contribution in [0, 0.1) is 0 Å². The highest BCUT2D eigenvalue weighted by atomic mass is 79.9. The van der Waals surface area contributed by atoms with Gasteiger partial charge in [-0.15, -0.1) is 11.3 Å². The summed E-state index contributed by atoms with van der Waals surface area (Å²) in [6.45, 7) is 0.329. The van der Waals surface area contributed by atoms with Gasteiger partial charge in [-0.1, -0.05) is 46.3 Å². The highest BCUT2D eigenvalue weighted by molar-refractivity contribution is 9.11. The maximum Gasteiger partial charge on any atom is 0.264 e. The molecular formula is C21H15Br2NO3S. The molecular weight excluding hydrogens is 506 g/mol. The molecule has 3 aromatic rings. The van der Waals surface area contributed by atoms with Gasteiger partial charge in [0.25, 0.3) is 5.91 Å². The smallest absolute Gasteiger partial charge is 0.264 e. The third-order valence-electron chi connectivity index (χ3n) is 4.74. The van der Waals surface area contributed by atoms with E-state index in [1.54, 1.807) is 29.2 Å². The maximum atomic E-state index is 13.3. The molecule has 0 aliphatic carbocycles. The van der Waals surface area contributed by atoms with Crippen molar-refractivity contribution in [1.29, 1.82) is 0 Å². The van der Waals surface area contributed by atoms with Gasteiger partial charge >= 0.3 is 0 Å². The SMILES string of the molecule is O=C(C[C@]1(O)C(=O)N(Cc2ccccc2)c2ccc(Br)cc21)c1ccc(Br)s1. The van der Waals surface area contributed by atoms with E-state index < -0.39 is 11.5 Å². The molecule has 28 heavy (non-hydrogen) atoms. The molecule has 0 radical (unpaired) electrons. The van der Waals surface area contributed by atoms with Crippen LogP contribution in [-0.2, 0) is 16.9 Å². The number of carbonyl (C=O) groups is 2. The summed E-state index contributed by atoms with van der Waals surface area (Å²) in [6.07, 6.45) is -0.298. The molecule has 0 saturated carbocycles. The Morgan fingerprint density at radius 2 is 1.82 bits per heavy atom. The fourth-order valence-electron chi connectivity index (χ4n) is 3.40. The number of hydrogen-bond donors (Lipinski definition) is 1. The molecule has 142 valence electrons. The summed E-state index contributed by atoms with van der Waals surface area (Å²) in [6, 6.07) is 18.4. The summed E-state index contributed by atoms with van der Waals surface area (Å²) in [5.41, 5.74) is 0.135. The quantitative estimate of drug-likeness (QED) is 0.465. The molecule has 4 nitrogen and oxygen atoms in total. The molecule has 0 saturated heterocycles. The first-order valence-corrected chi connectivity index (χ1v) is 11.0. The summed E-state index contributed by atoms with van der Waals surface area (Å²) in [7, 11) is 0. The Bertz CT molecular complexity index is 1070. The minimum absolute atomic E-state index is 0.265. The Morgan fingerprint density at radius 1 is 1.07 bits per heavy atom. The number of rotatable bonds is 5. The van der Waals surface area contributed by atoms with Crippen molar-refractivity contribution in [2.45, 2.75) is 18.6 Å². The van der Waals surface area contributed by atoms with Crippen LogP contribution in [0.5, 0.6) is 0 Å². The molecule has 1 aliphatic rings. The van der Waals surface area contributed by atoms with Crippen molar-refractivity contribution in [3.8, 4) is 0 Å². The lowest BCUT2D eigenvalue weighted by molar-refractivity contribution is -0.136. The highest BCUT2D eigenvalue weighted by Crippen LogP contribution is 2.45. The van der Waals surface area contributed by atoms with Crippen LogP contribution in [0.25, 0.3) is 0 Å². The lowest BCUT2D eigenvalue weighted by atomic mass is 9.89. The van der Waals surface area contributed by atoms with Gasteiger partial charge in [0.1, 0.15) is 0 Å². The number of hydrogen-bond acceptors (Lipinski definition) is 4. The molecule has 4 rings (SSSR count). The zero-order valence-electron chi connectivity index (χ0n) is 14.6. The molecule has 0 unspecified atom stereocenters. The van der Waals surface area contributed by atoms with Gasteiger partial charge in [-0.2, -0.15) is 0 Å². The minimum Gasteiger partial charge on any atom is -0.375 e. The third kappa shape index (κ3) is 3.48. The minimum atomic E-state index is -1.89. The van der Waals surface area contributed by atoms with E-state index in [9.17, 15) is 14.7 Å². The topological polar surface area (TPSA) is 57.6 Å². The van der Waals surface area contributed by atoms with E-state index in [-0.39, 0.29) is 12.2 Å². The molecule has 0 bridgehead atoms. The van der Waals surface area contributed by atoms with Crippen molar-refractivity contribution in [3.63, 3.8) is 0 Å². The van der Waals surface area contributed by atoms with E-state index in [2.05, 4.69) is 31.9 Å². The predicted octanol–water partition coefficient (Wildman–Crippen LogP) is 5.28. The Morgan fingerprint density at radius 3 is 2.50 bits per heavy atom. The van der Waals surface area contributed by atoms with Gasteiger partial charge in [-0.05, 0) is 51.8 Å². The molecule has 2 heterocycles. The second kappa shape index (κ2) is 7.55. The number of halogens is 2. The molecule has 1 amide bonds. The van der Waals surface area contributed by atoms with Gasteiger partial charge in [0.05, 0.1) is 27.3 Å². The van der Waals surface area contributed by atoms with Crippen LogP contribution in [-0.4, -0.2) is 16.8 Å². The normalized spacial score (nSPS) is 18.4. The lowest BCUT2D eigenvalue weighted by Gasteiger charge is -2.22. The third-order valence-corrected chi connectivity index (χ3v) is 6.90. The average Bonchev–Trinajstić information content (AvgIpc) is 3.19. The number of Topliss-reactive ketones (excluding diaryl/α,β-unsaturated/α-hetero) is 1. The van der Waals surface area contributed by atoms with E-state index in [0.717, 1.165) is 13.8 Å². The number of amides is 1. The standard InChI is InChI=1S/C21H15Br2NO3S/c22-14-6-7-16-15(10-14)21(27,11-17(25)18-8-9-19(23)28-18)20(26)24(16)12-13-4-2-1-3-5-13/h1-10,27H,11-12H2/t21-/m1/s1. The van der Waals surface area contributed by atoms with Gasteiger partial charge in [0.15, 0.2) is 11.4 Å². The molecule has 2 aromatic carbocycles. The molecule has 7 heteroatoms. The van der Waals surface area contributed by atoms with Crippen LogP contribution >= 0.6 is 43.2 Å². The first kappa shape index (κ1) is 19.5. The molecule has 0 fully saturated rings. The van der Waals surface area contributed by atoms with Crippen LogP contribution in [0.3, 0.4) is 0 Å². The van der Waals surface area contributed by atoms with E-state index in [1.807, 2.05) is 36.4 Å². The van der Waals surface area contributed by atoms with Gasteiger partial charge in [-0.25, -0.2) is 0 Å². The summed E-state index contributed by atoms with van der Waals surface area (Å²) >= 11 is 8.04. The van der Waals surface area contributed by atoms with E-state index in [4.69, 9.17) is 0 Å². The van der Waals surface area contributed by atoms with Gasteiger partial charge in [-0.3, -0.25) is 9.59 Å². The van der Waals surface area contributed by atoms with Crippen molar-refractivity contribution < 1.29 is 14.7 Å². The fourth-order valence-corrected chi connectivity index (χ4v) is 5.08. The van der Waals surface area contributed by atoms with E-state index in [1.165, 1.54) is 11.3 Å². The summed E-state index contributed by atoms with van der Waals surface area (Å²) in [5.74, 6) is -0.743. The second-order valence-electron chi connectivity index (χ2n) is 6.60. The number of ketones is 1. The Kier molecular flexibility index (Phi) is 5.26. The molecule has 0 spiro atoms. The van der Waals surface area contributed by atoms with Crippen LogP contribution in [0.4, 0.5) is 5.69 Å². The zero-order chi connectivity index (χ0) is 19.9. The first-order chi connectivity index (χ1) is 13.4. The van der Waals surface area contributed by atoms with E-state index >= 15 is 0 Å². The highest BCUT2D eigenvalue weighted by Gasteiger charge is 2.51. The summed E-state index contributed by atoms with van der Waals surface area (Å²) in [4.78, 5) is 28.1. The fraction of sp³-hybridized carbons (Fsp3) is 0.143. The lowest BCUT2D eigenvalue weighted by Crippen LogP contribution is -2.41. The van der Waals surface area contributed by atoms with Crippen molar-refractivity contribution in [3.05, 3.63) is 84.9 Å². The van der Waals surface area contributed by atoms with Crippen LogP contribution in [0.2, 0.25) is 0 Å². The van der Waals surface area contributed by atoms with Crippen LogP contribution in [0.1, 0.15) is 27.2 Å². The van der Waals surface area contributed by atoms with Crippen LogP contribution < -0.4 is 4.90 Å². The number of carbonyl (C=O) groups excluding carboxylic acids is 2. The number of benzene rings is 2. The van der Waals surface area contributed by atoms with Crippen molar-refractivity contribution in [2.24, 2.45) is 0 Å². The van der Waals surface area contributed by atoms with E-state index in [0.29, 0.717) is 22.7 Å². The molecule has 1 aliphatic heterocycles. The number of thiophene rings is 1. The van der Waals surface area contributed by atoms with Crippen molar-refractivity contribution in [2.75, 3.05) is 4.90 Å². The van der Waals surface area contributed by atoms with Gasteiger partial charge < -0.3 is 10.0 Å². The first-order valence-electron chi connectivity index (χ1n) is 8.55. The number of nitrogens with zero attached hydrogens (tertiary/aromatic N) is 1. The predicted molar refractivity (Wildman–Crippen MR) is 117 cm³/mol. The summed E-state index contributed by atoms with van der Waals surface area (Å²) in [5, 5.41) is 11.4. The van der Waals surface area contributed by atoms with Crippen LogP contribution in [0.15, 0.2) is 68.9 Å². The Balaban J connectivity index is 1.72. The number of aliphatic hydroxyl groups is 1. The molecule has 1 aromatic heterocycles. The van der Waals surface area contributed by atoms with Crippen molar-refractivity contribution in [1.82, 2.24) is 0 Å². The number of anilines is 1.